The Morgan fingerprint density at radius 1 is 1.47 bits per heavy atom. The van der Waals surface area contributed by atoms with Crippen LogP contribution in [0.4, 0.5) is 0 Å². The van der Waals surface area contributed by atoms with Crippen LogP contribution in [0.15, 0.2) is 10.6 Å². The van der Waals surface area contributed by atoms with Crippen LogP contribution in [0.1, 0.15) is 38.5 Å². The molecule has 0 saturated carbocycles. The first-order chi connectivity index (χ1) is 8.09. The Kier molecular flexibility index (Phi) is 3.84. The Bertz CT molecular complexity index is 361. The van der Waals surface area contributed by atoms with Crippen molar-refractivity contribution in [2.45, 2.75) is 39.8 Å². The molecule has 0 spiro atoms. The summed E-state index contributed by atoms with van der Waals surface area (Å²) in [7, 11) is 0. The zero-order valence-corrected chi connectivity index (χ0v) is 11.2. The van der Waals surface area contributed by atoms with Crippen LogP contribution in [0.5, 0.6) is 0 Å². The highest BCUT2D eigenvalue weighted by Crippen LogP contribution is 2.25. The zero-order chi connectivity index (χ0) is 12.4. The molecule has 0 bridgehead atoms. The van der Waals surface area contributed by atoms with E-state index in [0.29, 0.717) is 12.0 Å². The monoisotopic (exact) mass is 237 g/mol. The molecule has 0 radical (unpaired) electrons. The predicted molar refractivity (Wildman–Crippen MR) is 67.9 cm³/mol. The van der Waals surface area contributed by atoms with Crippen molar-refractivity contribution >= 4 is 0 Å². The fourth-order valence-electron chi connectivity index (χ4n) is 2.55. The molecule has 0 aromatic carbocycles. The summed E-state index contributed by atoms with van der Waals surface area (Å²) in [6.07, 6.45) is 1.80. The summed E-state index contributed by atoms with van der Waals surface area (Å²) in [5.41, 5.74) is 0. The van der Waals surface area contributed by atoms with Gasteiger partial charge in [0.2, 0.25) is 5.89 Å². The van der Waals surface area contributed by atoms with Crippen LogP contribution in [-0.4, -0.2) is 35.6 Å². The van der Waals surface area contributed by atoms with Crippen LogP contribution in [0.3, 0.4) is 0 Å². The third-order valence-electron chi connectivity index (χ3n) is 3.59. The van der Waals surface area contributed by atoms with Gasteiger partial charge in [0.25, 0.3) is 0 Å². The van der Waals surface area contributed by atoms with E-state index in [1.807, 2.05) is 6.92 Å². The van der Waals surface area contributed by atoms with E-state index in [1.165, 1.54) is 0 Å². The van der Waals surface area contributed by atoms with Gasteiger partial charge in [-0.3, -0.25) is 4.90 Å². The van der Waals surface area contributed by atoms with Crippen molar-refractivity contribution in [3.63, 3.8) is 0 Å². The topological polar surface area (TPSA) is 41.3 Å². The second-order valence-electron chi connectivity index (χ2n) is 5.24. The fraction of sp³-hybridized carbons (Fsp3) is 0.769. The SMILES string of the molecule is Cc1cnc(C(C)N2CCNCC2C(C)C)o1. The second-order valence-corrected chi connectivity index (χ2v) is 5.24. The van der Waals surface area contributed by atoms with Gasteiger partial charge in [0.15, 0.2) is 0 Å². The normalized spacial score (nSPS) is 24.2. The van der Waals surface area contributed by atoms with Gasteiger partial charge in [0, 0.05) is 25.7 Å². The quantitative estimate of drug-likeness (QED) is 0.872. The standard InChI is InChI=1S/C13H23N3O/c1-9(2)12-8-14-5-6-16(12)11(4)13-15-7-10(3)17-13/h7,9,11-12,14H,5-6,8H2,1-4H3. The van der Waals surface area contributed by atoms with E-state index in [2.05, 4.69) is 36.0 Å². The van der Waals surface area contributed by atoms with Gasteiger partial charge in [0.1, 0.15) is 5.76 Å². The molecule has 1 aromatic heterocycles. The molecule has 1 aliphatic heterocycles. The molecule has 1 aromatic rings. The molecule has 1 saturated heterocycles. The van der Waals surface area contributed by atoms with Crippen molar-refractivity contribution in [3.8, 4) is 0 Å². The van der Waals surface area contributed by atoms with E-state index in [9.17, 15) is 0 Å². The van der Waals surface area contributed by atoms with E-state index >= 15 is 0 Å². The molecular weight excluding hydrogens is 214 g/mol. The van der Waals surface area contributed by atoms with Crippen LogP contribution in [0.25, 0.3) is 0 Å². The number of aromatic nitrogens is 1. The highest BCUT2D eigenvalue weighted by molar-refractivity contribution is 4.98. The lowest BCUT2D eigenvalue weighted by Gasteiger charge is -2.41. The van der Waals surface area contributed by atoms with Gasteiger partial charge < -0.3 is 9.73 Å². The van der Waals surface area contributed by atoms with Crippen molar-refractivity contribution in [1.29, 1.82) is 0 Å². The molecule has 4 heteroatoms. The largest absolute Gasteiger partial charge is 0.444 e. The van der Waals surface area contributed by atoms with Crippen molar-refractivity contribution < 1.29 is 4.42 Å². The van der Waals surface area contributed by atoms with Gasteiger partial charge >= 0.3 is 0 Å². The summed E-state index contributed by atoms with van der Waals surface area (Å²) < 4.78 is 5.65. The Hall–Kier alpha value is -0.870. The van der Waals surface area contributed by atoms with Crippen molar-refractivity contribution in [3.05, 3.63) is 17.8 Å². The highest BCUT2D eigenvalue weighted by atomic mass is 16.4. The maximum Gasteiger partial charge on any atom is 0.211 e. The van der Waals surface area contributed by atoms with Gasteiger partial charge in [-0.25, -0.2) is 4.98 Å². The molecule has 1 aliphatic rings. The lowest BCUT2D eigenvalue weighted by Crippen LogP contribution is -2.54. The van der Waals surface area contributed by atoms with Crippen LogP contribution in [0.2, 0.25) is 0 Å². The minimum atomic E-state index is 0.262. The van der Waals surface area contributed by atoms with Gasteiger partial charge in [-0.1, -0.05) is 13.8 Å². The third-order valence-corrected chi connectivity index (χ3v) is 3.59. The average Bonchev–Trinajstić information content (AvgIpc) is 2.75. The first-order valence-corrected chi connectivity index (χ1v) is 6.48. The maximum atomic E-state index is 5.65. The fourth-order valence-corrected chi connectivity index (χ4v) is 2.55. The van der Waals surface area contributed by atoms with Gasteiger partial charge in [-0.2, -0.15) is 0 Å². The molecule has 96 valence electrons. The number of piperazine rings is 1. The highest BCUT2D eigenvalue weighted by Gasteiger charge is 2.31. The number of nitrogens with zero attached hydrogens (tertiary/aromatic N) is 2. The molecule has 17 heavy (non-hydrogen) atoms. The van der Waals surface area contributed by atoms with E-state index in [4.69, 9.17) is 4.42 Å². The zero-order valence-electron chi connectivity index (χ0n) is 11.2. The van der Waals surface area contributed by atoms with Gasteiger partial charge in [-0.05, 0) is 19.8 Å². The lowest BCUT2D eigenvalue weighted by molar-refractivity contribution is 0.0713. The van der Waals surface area contributed by atoms with E-state index in [-0.39, 0.29) is 6.04 Å². The Morgan fingerprint density at radius 3 is 2.82 bits per heavy atom. The molecule has 2 rings (SSSR count). The summed E-state index contributed by atoms with van der Waals surface area (Å²) >= 11 is 0. The minimum Gasteiger partial charge on any atom is -0.444 e. The molecule has 2 atom stereocenters. The van der Waals surface area contributed by atoms with E-state index in [1.54, 1.807) is 6.20 Å². The summed E-state index contributed by atoms with van der Waals surface area (Å²) in [4.78, 5) is 6.86. The van der Waals surface area contributed by atoms with Gasteiger partial charge in [-0.15, -0.1) is 0 Å². The number of oxazole rings is 1. The molecule has 0 aliphatic carbocycles. The number of nitrogens with one attached hydrogen (secondary N) is 1. The van der Waals surface area contributed by atoms with E-state index in [0.717, 1.165) is 31.3 Å². The number of aryl methyl sites for hydroxylation is 1. The molecule has 4 nitrogen and oxygen atoms in total. The smallest absolute Gasteiger partial charge is 0.211 e. The Labute approximate surface area is 103 Å². The number of hydrogen-bond donors (Lipinski definition) is 1. The van der Waals surface area contributed by atoms with Crippen LogP contribution < -0.4 is 5.32 Å². The Morgan fingerprint density at radius 2 is 2.24 bits per heavy atom. The average molecular weight is 237 g/mol. The lowest BCUT2D eigenvalue weighted by atomic mass is 9.99. The second kappa shape index (κ2) is 5.19. The van der Waals surface area contributed by atoms with Crippen LogP contribution in [0, 0.1) is 12.8 Å². The summed E-state index contributed by atoms with van der Waals surface area (Å²) in [5.74, 6) is 2.37. The molecule has 0 amide bonds. The molecule has 1 fully saturated rings. The summed E-state index contributed by atoms with van der Waals surface area (Å²) in [6.45, 7) is 11.9. The maximum absolute atomic E-state index is 5.65. The van der Waals surface area contributed by atoms with Crippen molar-refractivity contribution in [1.82, 2.24) is 15.2 Å². The summed E-state index contributed by atoms with van der Waals surface area (Å²) in [5, 5.41) is 3.47. The predicted octanol–water partition coefficient (Wildman–Crippen LogP) is 1.97. The van der Waals surface area contributed by atoms with E-state index < -0.39 is 0 Å². The molecule has 2 heterocycles. The first kappa shape index (κ1) is 12.6. The third kappa shape index (κ3) is 2.69. The van der Waals surface area contributed by atoms with Crippen molar-refractivity contribution in [2.75, 3.05) is 19.6 Å². The molecule has 1 N–H and O–H groups in total. The summed E-state index contributed by atoms with van der Waals surface area (Å²) in [6, 6.07) is 0.823. The Balaban J connectivity index is 2.13. The van der Waals surface area contributed by atoms with Gasteiger partial charge in [0.05, 0.1) is 12.2 Å². The van der Waals surface area contributed by atoms with Crippen LogP contribution in [-0.2, 0) is 0 Å². The molecular formula is C13H23N3O. The molecule has 2 unspecified atom stereocenters. The van der Waals surface area contributed by atoms with Crippen molar-refractivity contribution in [2.24, 2.45) is 5.92 Å². The number of hydrogen-bond acceptors (Lipinski definition) is 4. The minimum absolute atomic E-state index is 0.262. The number of rotatable bonds is 3. The first-order valence-electron chi connectivity index (χ1n) is 6.48. The van der Waals surface area contributed by atoms with Crippen LogP contribution >= 0.6 is 0 Å².